The van der Waals surface area contributed by atoms with E-state index in [1.165, 1.54) is 21.8 Å². The molecule has 0 aliphatic rings. The zero-order chi connectivity index (χ0) is 19.0. The lowest BCUT2D eigenvalue weighted by molar-refractivity contribution is -0.122. The Morgan fingerprint density at radius 1 is 1.19 bits per heavy atom. The molecule has 4 rings (SSSR count). The van der Waals surface area contributed by atoms with Crippen molar-refractivity contribution < 1.29 is 4.79 Å². The summed E-state index contributed by atoms with van der Waals surface area (Å²) < 4.78 is 2.83. The number of rotatable bonds is 4. The number of carbonyl (C=O) groups is 1. The van der Waals surface area contributed by atoms with Crippen LogP contribution in [0.2, 0.25) is 0 Å². The van der Waals surface area contributed by atoms with Crippen molar-refractivity contribution in [2.24, 2.45) is 7.05 Å². The van der Waals surface area contributed by atoms with E-state index >= 15 is 0 Å². The first-order valence-electron chi connectivity index (χ1n) is 8.68. The van der Waals surface area contributed by atoms with Crippen LogP contribution in [0, 0.1) is 0 Å². The highest BCUT2D eigenvalue weighted by Gasteiger charge is 2.13. The quantitative estimate of drug-likeness (QED) is 0.604. The van der Waals surface area contributed by atoms with Gasteiger partial charge in [0, 0.05) is 7.05 Å². The van der Waals surface area contributed by atoms with Crippen LogP contribution in [-0.4, -0.2) is 25.2 Å². The van der Waals surface area contributed by atoms with Gasteiger partial charge in [-0.15, -0.1) is 0 Å². The fourth-order valence-corrected chi connectivity index (χ4v) is 3.18. The fraction of sp³-hybridized carbons (Fsp3) is 0.200. The standard InChI is InChI=1S/C20H19N5O2/c1-13(15-8-7-14-5-3-4-6-16(14)9-15)23-18(26)11-25-12-21-19-17(20(25)27)10-22-24(19)2/h3-10,12-13H,11H2,1-2H3,(H,23,26)/t13-/m0/s1. The second-order valence-electron chi connectivity index (χ2n) is 6.58. The number of aryl methyl sites for hydroxylation is 1. The van der Waals surface area contributed by atoms with Crippen molar-refractivity contribution in [3.63, 3.8) is 0 Å². The van der Waals surface area contributed by atoms with Crippen LogP contribution < -0.4 is 10.9 Å². The van der Waals surface area contributed by atoms with E-state index in [1.807, 2.05) is 37.3 Å². The van der Waals surface area contributed by atoms with E-state index in [-0.39, 0.29) is 24.1 Å². The number of nitrogens with one attached hydrogen (secondary N) is 1. The molecule has 2 heterocycles. The van der Waals surface area contributed by atoms with Crippen LogP contribution in [0.25, 0.3) is 21.8 Å². The molecule has 7 heteroatoms. The average molecular weight is 361 g/mol. The van der Waals surface area contributed by atoms with Crippen molar-refractivity contribution in [2.45, 2.75) is 19.5 Å². The number of hydrogen-bond acceptors (Lipinski definition) is 4. The molecule has 1 amide bonds. The van der Waals surface area contributed by atoms with E-state index in [0.29, 0.717) is 11.0 Å². The second-order valence-corrected chi connectivity index (χ2v) is 6.58. The minimum Gasteiger partial charge on any atom is -0.348 e. The van der Waals surface area contributed by atoms with Gasteiger partial charge in [-0.25, -0.2) is 4.98 Å². The van der Waals surface area contributed by atoms with Crippen molar-refractivity contribution in [1.82, 2.24) is 24.6 Å². The molecular weight excluding hydrogens is 342 g/mol. The van der Waals surface area contributed by atoms with Crippen LogP contribution in [0.4, 0.5) is 0 Å². The Bertz CT molecular complexity index is 1210. The molecule has 0 fully saturated rings. The van der Waals surface area contributed by atoms with Gasteiger partial charge in [0.15, 0.2) is 5.65 Å². The summed E-state index contributed by atoms with van der Waals surface area (Å²) in [7, 11) is 1.72. The van der Waals surface area contributed by atoms with E-state index in [0.717, 1.165) is 16.3 Å². The van der Waals surface area contributed by atoms with Crippen molar-refractivity contribution in [3.8, 4) is 0 Å². The van der Waals surface area contributed by atoms with Gasteiger partial charge in [0.05, 0.1) is 12.2 Å². The highest BCUT2D eigenvalue weighted by molar-refractivity contribution is 5.83. The average Bonchev–Trinajstić information content (AvgIpc) is 3.05. The molecule has 2 aromatic carbocycles. The number of fused-ring (bicyclic) bond motifs is 2. The maximum absolute atomic E-state index is 12.5. The molecule has 0 aliphatic carbocycles. The van der Waals surface area contributed by atoms with Crippen LogP contribution in [-0.2, 0) is 18.4 Å². The van der Waals surface area contributed by atoms with Crippen LogP contribution in [0.5, 0.6) is 0 Å². The first kappa shape index (κ1) is 17.0. The number of benzene rings is 2. The highest BCUT2D eigenvalue weighted by Crippen LogP contribution is 2.20. The molecule has 7 nitrogen and oxygen atoms in total. The SMILES string of the molecule is C[C@H](NC(=O)Cn1cnc2c(cnn2C)c1=O)c1ccc2ccccc2c1. The number of carbonyl (C=O) groups excluding carboxylic acids is 1. The molecule has 0 bridgehead atoms. The zero-order valence-corrected chi connectivity index (χ0v) is 15.1. The molecule has 0 unspecified atom stereocenters. The molecule has 0 aliphatic heterocycles. The summed E-state index contributed by atoms with van der Waals surface area (Å²) in [5.74, 6) is -0.247. The molecule has 4 aromatic rings. The Balaban J connectivity index is 1.51. The first-order valence-corrected chi connectivity index (χ1v) is 8.68. The number of aromatic nitrogens is 4. The third-order valence-corrected chi connectivity index (χ3v) is 4.68. The van der Waals surface area contributed by atoms with Crippen molar-refractivity contribution in [1.29, 1.82) is 0 Å². The van der Waals surface area contributed by atoms with Crippen LogP contribution in [0.3, 0.4) is 0 Å². The van der Waals surface area contributed by atoms with E-state index in [4.69, 9.17) is 0 Å². The fourth-order valence-electron chi connectivity index (χ4n) is 3.18. The van der Waals surface area contributed by atoms with Crippen molar-refractivity contribution in [3.05, 3.63) is 70.9 Å². The molecule has 0 spiro atoms. The third-order valence-electron chi connectivity index (χ3n) is 4.68. The van der Waals surface area contributed by atoms with Gasteiger partial charge in [0.25, 0.3) is 5.56 Å². The Hall–Kier alpha value is -3.48. The maximum atomic E-state index is 12.5. The second kappa shape index (κ2) is 6.68. The zero-order valence-electron chi connectivity index (χ0n) is 15.1. The Labute approximate surface area is 155 Å². The molecule has 2 aromatic heterocycles. The predicted molar refractivity (Wildman–Crippen MR) is 103 cm³/mol. The number of nitrogens with zero attached hydrogens (tertiary/aromatic N) is 4. The lowest BCUT2D eigenvalue weighted by atomic mass is 10.0. The molecule has 1 atom stereocenters. The smallest absolute Gasteiger partial charge is 0.264 e. The van der Waals surface area contributed by atoms with Gasteiger partial charge in [0.2, 0.25) is 5.91 Å². The van der Waals surface area contributed by atoms with Gasteiger partial charge in [0.1, 0.15) is 18.3 Å². The van der Waals surface area contributed by atoms with Gasteiger partial charge >= 0.3 is 0 Å². The van der Waals surface area contributed by atoms with Crippen molar-refractivity contribution >= 4 is 27.7 Å². The van der Waals surface area contributed by atoms with Gasteiger partial charge in [-0.05, 0) is 29.3 Å². The summed E-state index contributed by atoms with van der Waals surface area (Å²) in [6.45, 7) is 1.84. The summed E-state index contributed by atoms with van der Waals surface area (Å²) in [4.78, 5) is 29.1. The lowest BCUT2D eigenvalue weighted by Crippen LogP contribution is -2.33. The molecule has 136 valence electrons. The summed E-state index contributed by atoms with van der Waals surface area (Å²) in [5, 5.41) is 9.65. The molecule has 0 radical (unpaired) electrons. The van der Waals surface area contributed by atoms with Gasteiger partial charge < -0.3 is 5.32 Å². The van der Waals surface area contributed by atoms with Crippen LogP contribution >= 0.6 is 0 Å². The molecule has 0 saturated carbocycles. The summed E-state index contributed by atoms with van der Waals surface area (Å²) in [5.41, 5.74) is 1.23. The Morgan fingerprint density at radius 3 is 2.78 bits per heavy atom. The Morgan fingerprint density at radius 2 is 1.96 bits per heavy atom. The topological polar surface area (TPSA) is 81.8 Å². The molecule has 0 saturated heterocycles. The van der Waals surface area contributed by atoms with Crippen molar-refractivity contribution in [2.75, 3.05) is 0 Å². The van der Waals surface area contributed by atoms with Crippen LogP contribution in [0.1, 0.15) is 18.5 Å². The third kappa shape index (κ3) is 3.19. The van der Waals surface area contributed by atoms with E-state index in [1.54, 1.807) is 7.05 Å². The highest BCUT2D eigenvalue weighted by atomic mass is 16.2. The summed E-state index contributed by atoms with van der Waals surface area (Å²) >= 11 is 0. The normalized spacial score (nSPS) is 12.4. The lowest BCUT2D eigenvalue weighted by Gasteiger charge is -2.15. The maximum Gasteiger partial charge on any atom is 0.264 e. The summed E-state index contributed by atoms with van der Waals surface area (Å²) in [6.07, 6.45) is 2.85. The number of amides is 1. The minimum absolute atomic E-state index is 0.0887. The summed E-state index contributed by atoms with van der Waals surface area (Å²) in [6, 6.07) is 14.0. The van der Waals surface area contributed by atoms with Gasteiger partial charge in [-0.2, -0.15) is 5.10 Å². The van der Waals surface area contributed by atoms with Gasteiger partial charge in [-0.3, -0.25) is 18.8 Å². The molecule has 1 N–H and O–H groups in total. The molecule has 27 heavy (non-hydrogen) atoms. The minimum atomic E-state index is -0.276. The van der Waals surface area contributed by atoms with E-state index in [2.05, 4.69) is 27.5 Å². The Kier molecular flexibility index (Phi) is 4.19. The van der Waals surface area contributed by atoms with E-state index < -0.39 is 0 Å². The van der Waals surface area contributed by atoms with Gasteiger partial charge in [-0.1, -0.05) is 36.4 Å². The molecular formula is C20H19N5O2. The predicted octanol–water partition coefficient (Wildman–Crippen LogP) is 2.16. The van der Waals surface area contributed by atoms with E-state index in [9.17, 15) is 9.59 Å². The van der Waals surface area contributed by atoms with Crippen LogP contribution in [0.15, 0.2) is 59.8 Å². The monoisotopic (exact) mass is 361 g/mol. The first-order chi connectivity index (χ1) is 13.0. The number of hydrogen-bond donors (Lipinski definition) is 1. The largest absolute Gasteiger partial charge is 0.348 e.